The summed E-state index contributed by atoms with van der Waals surface area (Å²) in [6.45, 7) is 2.44. The van der Waals surface area contributed by atoms with Crippen molar-refractivity contribution in [2.45, 2.75) is 32.5 Å². The van der Waals surface area contributed by atoms with Crippen LogP contribution in [-0.4, -0.2) is 27.3 Å². The van der Waals surface area contributed by atoms with E-state index in [1.807, 2.05) is 0 Å². The Morgan fingerprint density at radius 1 is 1.50 bits per heavy atom. The second-order valence-electron chi connectivity index (χ2n) is 5.76. The molecule has 0 fully saturated rings. The molecule has 0 saturated carbocycles. The lowest BCUT2D eigenvalue weighted by Gasteiger charge is -2.23. The zero-order valence-electron chi connectivity index (χ0n) is 12.9. The van der Waals surface area contributed by atoms with Gasteiger partial charge in [0.15, 0.2) is 11.5 Å². The summed E-state index contributed by atoms with van der Waals surface area (Å²) in [5, 5.41) is 8.85. The average molecular weight is 343 g/mol. The SMILES string of the molecule is Cc1cc(NC(=O)NCC2CCc3nc(C(F)(F)F)cn3C2)no1. The predicted molar refractivity (Wildman–Crippen MR) is 77.3 cm³/mol. The van der Waals surface area contributed by atoms with E-state index in [0.717, 1.165) is 6.20 Å². The Balaban J connectivity index is 1.52. The fraction of sp³-hybridized carbons (Fsp3) is 0.500. The number of amides is 2. The lowest BCUT2D eigenvalue weighted by molar-refractivity contribution is -0.141. The number of nitrogens with zero attached hydrogens (tertiary/aromatic N) is 3. The molecule has 2 amide bonds. The monoisotopic (exact) mass is 343 g/mol. The zero-order chi connectivity index (χ0) is 17.3. The molecule has 2 aromatic rings. The Bertz CT molecular complexity index is 737. The van der Waals surface area contributed by atoms with Gasteiger partial charge >= 0.3 is 12.2 Å². The molecule has 0 aromatic carbocycles. The van der Waals surface area contributed by atoms with E-state index in [2.05, 4.69) is 20.8 Å². The first kappa shape index (κ1) is 16.3. The Morgan fingerprint density at radius 3 is 2.96 bits per heavy atom. The highest BCUT2D eigenvalue weighted by Crippen LogP contribution is 2.30. The van der Waals surface area contributed by atoms with Crippen molar-refractivity contribution in [1.82, 2.24) is 20.0 Å². The highest BCUT2D eigenvalue weighted by Gasteiger charge is 2.35. The van der Waals surface area contributed by atoms with Crippen molar-refractivity contribution in [3.05, 3.63) is 29.5 Å². The van der Waals surface area contributed by atoms with Gasteiger partial charge in [-0.2, -0.15) is 13.2 Å². The fourth-order valence-corrected chi connectivity index (χ4v) is 2.64. The van der Waals surface area contributed by atoms with Crippen LogP contribution in [0.1, 0.15) is 23.7 Å². The molecular formula is C14H16F3N5O2. The predicted octanol–water partition coefficient (Wildman–Crippen LogP) is 2.58. The number of hydrogen-bond donors (Lipinski definition) is 2. The van der Waals surface area contributed by atoms with E-state index in [9.17, 15) is 18.0 Å². The summed E-state index contributed by atoms with van der Waals surface area (Å²) < 4.78 is 44.4. The number of anilines is 1. The van der Waals surface area contributed by atoms with Crippen LogP contribution in [0.2, 0.25) is 0 Å². The van der Waals surface area contributed by atoms with Gasteiger partial charge in [-0.15, -0.1) is 0 Å². The minimum Gasteiger partial charge on any atom is -0.360 e. The third-order valence-corrected chi connectivity index (χ3v) is 3.80. The highest BCUT2D eigenvalue weighted by atomic mass is 19.4. The van der Waals surface area contributed by atoms with Gasteiger partial charge in [0, 0.05) is 31.8 Å². The number of rotatable bonds is 3. The van der Waals surface area contributed by atoms with Crippen molar-refractivity contribution in [2.24, 2.45) is 5.92 Å². The second kappa shape index (κ2) is 6.17. The van der Waals surface area contributed by atoms with Crippen molar-refractivity contribution in [1.29, 1.82) is 0 Å². The summed E-state index contributed by atoms with van der Waals surface area (Å²) in [6, 6.07) is 1.15. The van der Waals surface area contributed by atoms with Crippen LogP contribution in [-0.2, 0) is 19.1 Å². The molecule has 1 atom stereocenters. The van der Waals surface area contributed by atoms with E-state index < -0.39 is 17.9 Å². The minimum atomic E-state index is -4.44. The smallest absolute Gasteiger partial charge is 0.360 e. The van der Waals surface area contributed by atoms with Gasteiger partial charge in [0.2, 0.25) is 0 Å². The van der Waals surface area contributed by atoms with Gasteiger partial charge in [0.25, 0.3) is 0 Å². The third-order valence-electron chi connectivity index (χ3n) is 3.80. The van der Waals surface area contributed by atoms with Gasteiger partial charge in [-0.1, -0.05) is 5.16 Å². The Labute approximate surface area is 135 Å². The molecule has 10 heteroatoms. The molecule has 0 spiro atoms. The quantitative estimate of drug-likeness (QED) is 0.897. The van der Waals surface area contributed by atoms with E-state index in [1.54, 1.807) is 13.0 Å². The minimum absolute atomic E-state index is 0.0394. The van der Waals surface area contributed by atoms with Crippen LogP contribution in [0.4, 0.5) is 23.8 Å². The maximum absolute atomic E-state index is 12.7. The van der Waals surface area contributed by atoms with Gasteiger partial charge in [-0.3, -0.25) is 5.32 Å². The Hall–Kier alpha value is -2.52. The molecule has 0 radical (unpaired) electrons. The summed E-state index contributed by atoms with van der Waals surface area (Å²) in [5.74, 6) is 1.35. The third kappa shape index (κ3) is 3.69. The highest BCUT2D eigenvalue weighted by molar-refractivity contribution is 5.88. The van der Waals surface area contributed by atoms with E-state index in [0.29, 0.717) is 43.3 Å². The number of hydrogen-bond acceptors (Lipinski definition) is 4. The van der Waals surface area contributed by atoms with Crippen molar-refractivity contribution in [3.63, 3.8) is 0 Å². The van der Waals surface area contributed by atoms with E-state index >= 15 is 0 Å². The first-order chi connectivity index (χ1) is 11.3. The van der Waals surface area contributed by atoms with Gasteiger partial charge in [0.1, 0.15) is 11.6 Å². The van der Waals surface area contributed by atoms with Crippen LogP contribution in [0.5, 0.6) is 0 Å². The number of alkyl halides is 3. The number of aromatic nitrogens is 3. The number of nitrogens with one attached hydrogen (secondary N) is 2. The maximum Gasteiger partial charge on any atom is 0.434 e. The number of imidazole rings is 1. The van der Waals surface area contributed by atoms with Gasteiger partial charge < -0.3 is 14.4 Å². The van der Waals surface area contributed by atoms with Crippen LogP contribution in [0.25, 0.3) is 0 Å². The second-order valence-corrected chi connectivity index (χ2v) is 5.76. The molecule has 130 valence electrons. The van der Waals surface area contributed by atoms with Crippen LogP contribution in [0, 0.1) is 12.8 Å². The normalized spacial score (nSPS) is 17.4. The van der Waals surface area contributed by atoms with Gasteiger partial charge in [0.05, 0.1) is 0 Å². The Morgan fingerprint density at radius 2 is 2.29 bits per heavy atom. The topological polar surface area (TPSA) is 85.0 Å². The van der Waals surface area contributed by atoms with Crippen LogP contribution < -0.4 is 10.6 Å². The lowest BCUT2D eigenvalue weighted by atomic mass is 9.99. The molecule has 24 heavy (non-hydrogen) atoms. The first-order valence-corrected chi connectivity index (χ1v) is 7.42. The number of fused-ring (bicyclic) bond motifs is 1. The molecule has 3 heterocycles. The van der Waals surface area contributed by atoms with Crippen molar-refractivity contribution < 1.29 is 22.5 Å². The van der Waals surface area contributed by atoms with Gasteiger partial charge in [-0.05, 0) is 19.3 Å². The molecule has 0 bridgehead atoms. The molecule has 7 nitrogen and oxygen atoms in total. The summed E-state index contributed by atoms with van der Waals surface area (Å²) in [7, 11) is 0. The molecule has 1 unspecified atom stereocenters. The molecule has 3 rings (SSSR count). The van der Waals surface area contributed by atoms with Crippen LogP contribution in [0.15, 0.2) is 16.8 Å². The Kier molecular flexibility index (Phi) is 4.20. The number of carbonyl (C=O) groups is 1. The maximum atomic E-state index is 12.7. The molecule has 1 aliphatic heterocycles. The summed E-state index contributed by atoms with van der Waals surface area (Å²) in [4.78, 5) is 15.4. The largest absolute Gasteiger partial charge is 0.434 e. The van der Waals surface area contributed by atoms with E-state index in [1.165, 1.54) is 4.57 Å². The van der Waals surface area contributed by atoms with Gasteiger partial charge in [-0.25, -0.2) is 9.78 Å². The molecule has 2 N–H and O–H groups in total. The van der Waals surface area contributed by atoms with Crippen molar-refractivity contribution >= 4 is 11.8 Å². The molecule has 2 aromatic heterocycles. The van der Waals surface area contributed by atoms with Crippen LogP contribution >= 0.6 is 0 Å². The average Bonchev–Trinajstić information content (AvgIpc) is 3.10. The van der Waals surface area contributed by atoms with Crippen molar-refractivity contribution in [3.8, 4) is 0 Å². The number of urea groups is 1. The molecular weight excluding hydrogens is 327 g/mol. The zero-order valence-corrected chi connectivity index (χ0v) is 12.9. The number of aryl methyl sites for hydroxylation is 2. The molecule has 0 aliphatic carbocycles. The standard InChI is InChI=1S/C14H16F3N5O2/c1-8-4-11(21-24-8)20-13(23)18-5-9-2-3-12-19-10(14(15,16)17)7-22(12)6-9/h4,7,9H,2-3,5-6H2,1H3,(H2,18,20,21,23). The van der Waals surface area contributed by atoms with Crippen LogP contribution in [0.3, 0.4) is 0 Å². The van der Waals surface area contributed by atoms with E-state index in [4.69, 9.17) is 4.52 Å². The summed E-state index contributed by atoms with van der Waals surface area (Å²) in [6.07, 6.45) is -2.29. The molecule has 1 aliphatic rings. The first-order valence-electron chi connectivity index (χ1n) is 7.42. The number of carbonyl (C=O) groups excluding carboxylic acids is 1. The number of halogens is 3. The lowest BCUT2D eigenvalue weighted by Crippen LogP contribution is -2.36. The molecule has 0 saturated heterocycles. The van der Waals surface area contributed by atoms with E-state index in [-0.39, 0.29) is 5.92 Å². The van der Waals surface area contributed by atoms with Crippen molar-refractivity contribution in [2.75, 3.05) is 11.9 Å². The summed E-state index contributed by atoms with van der Waals surface area (Å²) in [5.41, 5.74) is -0.870. The summed E-state index contributed by atoms with van der Waals surface area (Å²) >= 11 is 0. The fourth-order valence-electron chi connectivity index (χ4n) is 2.64.